The van der Waals surface area contributed by atoms with Gasteiger partial charge in [-0.2, -0.15) is 15.8 Å². The number of nitrogens with zero attached hydrogens (tertiary/aromatic N) is 5. The van der Waals surface area contributed by atoms with Gasteiger partial charge in [0.1, 0.15) is 17.3 Å². The van der Waals surface area contributed by atoms with Crippen LogP contribution < -0.4 is 15.1 Å². The van der Waals surface area contributed by atoms with Crippen LogP contribution in [0.5, 0.6) is 11.5 Å². The minimum atomic E-state index is -0.728. The van der Waals surface area contributed by atoms with Crippen LogP contribution in [0.2, 0.25) is 0 Å². The number of aromatic nitrogens is 3. The molecule has 0 aliphatic carbocycles. The molecule has 0 atom stereocenters. The molecule has 0 bridgehead atoms. The van der Waals surface area contributed by atoms with E-state index in [4.69, 9.17) is 28.8 Å². The summed E-state index contributed by atoms with van der Waals surface area (Å²) < 4.78 is 18.9. The number of fused-ring (bicyclic) bond motifs is 3. The predicted octanol–water partition coefficient (Wildman–Crippen LogP) is 7.57. The molecule has 12 heteroatoms. The van der Waals surface area contributed by atoms with Crippen molar-refractivity contribution in [3.8, 4) is 45.8 Å². The van der Waals surface area contributed by atoms with Crippen LogP contribution in [-0.2, 0) is 22.6 Å². The number of rotatable bonds is 7. The SMILES string of the molecule is C1CCOCC1.COc1cc(-n2ncc3c(-c4cccc(-c5nc6cc(CN7CCC(C(=O)O)CC7)cc(C#N)c6o5)c4C)cccc32)cc2c1CNO2. The van der Waals surface area contributed by atoms with E-state index >= 15 is 0 Å². The fourth-order valence-electron chi connectivity index (χ4n) is 7.68. The summed E-state index contributed by atoms with van der Waals surface area (Å²) in [6.45, 7) is 6.65. The van der Waals surface area contributed by atoms with E-state index in [1.807, 2.05) is 59.4 Å². The van der Waals surface area contributed by atoms with Crippen molar-refractivity contribution in [2.24, 2.45) is 5.92 Å². The highest BCUT2D eigenvalue weighted by Crippen LogP contribution is 2.39. The molecule has 3 aliphatic heterocycles. The fourth-order valence-corrected chi connectivity index (χ4v) is 7.68. The first-order valence-corrected chi connectivity index (χ1v) is 18.5. The van der Waals surface area contributed by atoms with E-state index in [9.17, 15) is 15.2 Å². The van der Waals surface area contributed by atoms with E-state index in [0.717, 1.165) is 74.7 Å². The van der Waals surface area contributed by atoms with Gasteiger partial charge in [-0.05, 0) is 98.6 Å². The summed E-state index contributed by atoms with van der Waals surface area (Å²) in [6.07, 6.45) is 7.05. The molecule has 2 aromatic heterocycles. The molecule has 5 heterocycles. The Bertz CT molecular complexity index is 2370. The number of benzene rings is 4. The van der Waals surface area contributed by atoms with Crippen molar-refractivity contribution < 1.29 is 28.6 Å². The van der Waals surface area contributed by atoms with Crippen LogP contribution in [0.1, 0.15) is 54.4 Å². The number of nitriles is 1. The second kappa shape index (κ2) is 15.3. The first-order valence-electron chi connectivity index (χ1n) is 18.5. The van der Waals surface area contributed by atoms with E-state index in [1.165, 1.54) is 19.3 Å². The van der Waals surface area contributed by atoms with Gasteiger partial charge in [-0.15, -0.1) is 0 Å². The lowest BCUT2D eigenvalue weighted by molar-refractivity contribution is -0.143. The molecule has 2 saturated heterocycles. The van der Waals surface area contributed by atoms with Crippen LogP contribution in [0.15, 0.2) is 71.3 Å². The molecule has 0 saturated carbocycles. The Balaban J connectivity index is 0.000000630. The number of likely N-dealkylation sites (tertiary alicyclic amines) is 1. The van der Waals surface area contributed by atoms with Crippen molar-refractivity contribution in [3.63, 3.8) is 0 Å². The minimum Gasteiger partial charge on any atom is -0.496 e. The summed E-state index contributed by atoms with van der Waals surface area (Å²) in [5.41, 5.74) is 12.0. The maximum Gasteiger partial charge on any atom is 0.306 e. The van der Waals surface area contributed by atoms with E-state index in [1.54, 1.807) is 7.11 Å². The van der Waals surface area contributed by atoms with Crippen molar-refractivity contribution >= 4 is 28.0 Å². The molecule has 2 fully saturated rings. The number of carboxylic acid groups (broad SMARTS) is 1. The zero-order chi connectivity index (χ0) is 37.2. The van der Waals surface area contributed by atoms with Crippen molar-refractivity contribution in [2.45, 2.75) is 52.1 Å². The number of nitrogens with one attached hydrogen (secondary N) is 1. The standard InChI is InChI=1S/C37H32N6O5.C5H10O/c1-21-26(28-7-4-8-32-29(28)18-39-43(32)25-15-33(46-2)30-19-40-48-34(30)16-25)5-3-6-27(21)36-41-31-14-22(13-24(17-38)35(31)47-36)20-42-11-9-23(10-12-42)37(44)45;1-2-4-6-5-3-1/h3-8,13-16,18,23,40H,9-12,19-20H2,1-2H3,(H,44,45);1-5H2. The average molecular weight is 727 g/mol. The number of piperidine rings is 1. The van der Waals surface area contributed by atoms with Crippen LogP contribution >= 0.6 is 0 Å². The van der Waals surface area contributed by atoms with Gasteiger partial charge in [0.2, 0.25) is 5.89 Å². The summed E-state index contributed by atoms with van der Waals surface area (Å²) in [4.78, 5) is 24.1. The topological polar surface area (TPSA) is 148 Å². The fraction of sp³-hybridized carbons (Fsp3) is 0.333. The van der Waals surface area contributed by atoms with Gasteiger partial charge in [0.05, 0.1) is 48.1 Å². The lowest BCUT2D eigenvalue weighted by atomic mass is 9.94. The quantitative estimate of drug-likeness (QED) is 0.168. The highest BCUT2D eigenvalue weighted by Gasteiger charge is 2.26. The van der Waals surface area contributed by atoms with E-state index in [0.29, 0.717) is 61.6 Å². The molecule has 0 unspecified atom stereocenters. The molecule has 12 nitrogen and oxygen atoms in total. The molecule has 0 radical (unpaired) electrons. The molecular weight excluding hydrogens is 684 g/mol. The number of carboxylic acids is 1. The Morgan fingerprint density at radius 2 is 1.81 bits per heavy atom. The lowest BCUT2D eigenvalue weighted by Crippen LogP contribution is -2.35. The summed E-state index contributed by atoms with van der Waals surface area (Å²) in [6, 6.07) is 22.2. The van der Waals surface area contributed by atoms with Crippen LogP contribution in [0.4, 0.5) is 0 Å². The second-order valence-corrected chi connectivity index (χ2v) is 14.0. The monoisotopic (exact) mass is 726 g/mol. The molecule has 4 aromatic carbocycles. The molecular formula is C42H42N6O6. The maximum atomic E-state index is 11.4. The predicted molar refractivity (Wildman–Crippen MR) is 203 cm³/mol. The summed E-state index contributed by atoms with van der Waals surface area (Å²) in [7, 11) is 1.65. The van der Waals surface area contributed by atoms with Crippen LogP contribution in [0.25, 0.3) is 50.3 Å². The van der Waals surface area contributed by atoms with Gasteiger partial charge in [0.15, 0.2) is 11.3 Å². The number of hydroxylamine groups is 1. The highest BCUT2D eigenvalue weighted by molar-refractivity contribution is 5.97. The van der Waals surface area contributed by atoms with E-state index in [2.05, 4.69) is 35.5 Å². The third-order valence-corrected chi connectivity index (χ3v) is 10.6. The number of carbonyl (C=O) groups is 1. The molecule has 3 aliphatic rings. The molecule has 2 N–H and O–H groups in total. The first-order chi connectivity index (χ1) is 26.4. The lowest BCUT2D eigenvalue weighted by Gasteiger charge is -2.30. The van der Waals surface area contributed by atoms with Gasteiger partial charge in [-0.1, -0.05) is 24.3 Å². The van der Waals surface area contributed by atoms with Crippen LogP contribution in [0, 0.1) is 24.2 Å². The Morgan fingerprint density at radius 3 is 2.54 bits per heavy atom. The van der Waals surface area contributed by atoms with Crippen LogP contribution in [0.3, 0.4) is 0 Å². The number of oxazole rings is 1. The van der Waals surface area contributed by atoms with Gasteiger partial charge < -0.3 is 23.8 Å². The normalized spacial score (nSPS) is 16.0. The third kappa shape index (κ3) is 6.89. The van der Waals surface area contributed by atoms with Gasteiger partial charge in [0, 0.05) is 42.8 Å². The van der Waals surface area contributed by atoms with Crippen molar-refractivity contribution in [2.75, 3.05) is 33.4 Å². The average Bonchev–Trinajstić information content (AvgIpc) is 3.97. The Labute approximate surface area is 312 Å². The number of aliphatic carboxylic acids is 1. The van der Waals surface area contributed by atoms with Gasteiger partial charge in [-0.3, -0.25) is 9.69 Å². The zero-order valence-electron chi connectivity index (χ0n) is 30.4. The Kier molecular flexibility index (Phi) is 10.0. The smallest absolute Gasteiger partial charge is 0.306 e. The number of ether oxygens (including phenoxy) is 2. The van der Waals surface area contributed by atoms with Crippen LogP contribution in [-0.4, -0.2) is 64.2 Å². The molecule has 0 amide bonds. The Morgan fingerprint density at radius 1 is 1.04 bits per heavy atom. The van der Waals surface area contributed by atoms with E-state index < -0.39 is 5.97 Å². The summed E-state index contributed by atoms with van der Waals surface area (Å²) >= 11 is 0. The van der Waals surface area contributed by atoms with Gasteiger partial charge in [0.25, 0.3) is 0 Å². The Hall–Kier alpha value is -5.74. The van der Waals surface area contributed by atoms with Crippen molar-refractivity contribution in [1.82, 2.24) is 25.1 Å². The van der Waals surface area contributed by atoms with Gasteiger partial charge >= 0.3 is 5.97 Å². The van der Waals surface area contributed by atoms with Crippen molar-refractivity contribution in [3.05, 3.63) is 89.1 Å². The zero-order valence-corrected chi connectivity index (χ0v) is 30.4. The molecule has 0 spiro atoms. The number of hydrogen-bond acceptors (Lipinski definition) is 10. The number of hydrogen-bond donors (Lipinski definition) is 2. The molecule has 6 aromatic rings. The summed E-state index contributed by atoms with van der Waals surface area (Å²) in [5.74, 6) is 0.884. The number of methoxy groups -OCH3 is 1. The third-order valence-electron chi connectivity index (χ3n) is 10.6. The maximum absolute atomic E-state index is 11.4. The first kappa shape index (κ1) is 35.3. The van der Waals surface area contributed by atoms with Gasteiger partial charge in [-0.25, -0.2) is 9.67 Å². The molecule has 9 rings (SSSR count). The minimum absolute atomic E-state index is 0.292. The van der Waals surface area contributed by atoms with Crippen molar-refractivity contribution in [1.29, 1.82) is 5.26 Å². The molecule has 276 valence electrons. The van der Waals surface area contributed by atoms with E-state index in [-0.39, 0.29) is 5.92 Å². The molecule has 54 heavy (non-hydrogen) atoms. The largest absolute Gasteiger partial charge is 0.496 e. The highest BCUT2D eigenvalue weighted by atomic mass is 16.7. The summed E-state index contributed by atoms with van der Waals surface area (Å²) in [5, 5.41) is 25.1. The second-order valence-electron chi connectivity index (χ2n) is 14.0.